The van der Waals surface area contributed by atoms with Crippen LogP contribution in [0.3, 0.4) is 0 Å². The van der Waals surface area contributed by atoms with Gasteiger partial charge in [-0.25, -0.2) is 0 Å². The van der Waals surface area contributed by atoms with Gasteiger partial charge in [0.1, 0.15) is 0 Å². The molecule has 0 amide bonds. The number of hydrogen-bond donors (Lipinski definition) is 1. The van der Waals surface area contributed by atoms with Gasteiger partial charge in [-0.1, -0.05) is 71.6 Å². The third kappa shape index (κ3) is 10.2. The molecule has 0 aromatic heterocycles. The summed E-state index contributed by atoms with van der Waals surface area (Å²) in [5, 5.41) is 8.96. The molecule has 0 aliphatic carbocycles. The Bertz CT molecular complexity index is 112. The van der Waals surface area contributed by atoms with E-state index >= 15 is 0 Å². The maximum absolute atomic E-state index is 8.96. The van der Waals surface area contributed by atoms with Gasteiger partial charge >= 0.3 is 0 Å². The summed E-state index contributed by atoms with van der Waals surface area (Å²) in [4.78, 5) is 0. The van der Waals surface area contributed by atoms with Gasteiger partial charge in [0.05, 0.1) is 0 Å². The summed E-state index contributed by atoms with van der Waals surface area (Å²) < 4.78 is 0. The molecule has 0 rings (SSSR count). The van der Waals surface area contributed by atoms with E-state index in [1.165, 1.54) is 51.4 Å². The van der Waals surface area contributed by atoms with Crippen LogP contribution < -0.4 is 0 Å². The Morgan fingerprint density at radius 1 is 0.933 bits per heavy atom. The fourth-order valence-electron chi connectivity index (χ4n) is 2.09. The van der Waals surface area contributed by atoms with Crippen LogP contribution in [0.4, 0.5) is 0 Å². The van der Waals surface area contributed by atoms with Gasteiger partial charge < -0.3 is 5.11 Å². The van der Waals surface area contributed by atoms with E-state index in [2.05, 4.69) is 13.8 Å². The predicted octanol–water partition coefficient (Wildman–Crippen LogP) is 4.35. The van der Waals surface area contributed by atoms with Crippen molar-refractivity contribution in [2.45, 2.75) is 71.1 Å². The second-order valence-corrected chi connectivity index (χ2v) is 4.58. The Hall–Kier alpha value is -0.0400. The first-order valence-corrected chi connectivity index (χ1v) is 6.75. The lowest BCUT2D eigenvalue weighted by atomic mass is 9.92. The van der Waals surface area contributed by atoms with Crippen molar-refractivity contribution >= 4 is 0 Å². The van der Waals surface area contributed by atoms with E-state index in [-0.39, 0.29) is 0 Å². The highest BCUT2D eigenvalue weighted by molar-refractivity contribution is 4.60. The Balaban J connectivity index is 3.38. The van der Waals surface area contributed by atoms with E-state index in [1.807, 2.05) is 0 Å². The average molecular weight is 213 g/mol. The molecule has 0 aromatic rings. The summed E-state index contributed by atoms with van der Waals surface area (Å²) in [6.07, 6.45) is 12.6. The highest BCUT2D eigenvalue weighted by atomic mass is 16.3. The maximum Gasteiger partial charge on any atom is 0.0433 e. The molecule has 0 saturated carbocycles. The lowest BCUT2D eigenvalue weighted by Gasteiger charge is -2.14. The van der Waals surface area contributed by atoms with Crippen molar-refractivity contribution in [3.05, 3.63) is 6.92 Å². The molecule has 1 heteroatoms. The van der Waals surface area contributed by atoms with Gasteiger partial charge in [-0.05, 0) is 12.3 Å². The molecular weight excluding hydrogens is 184 g/mol. The molecule has 1 unspecified atom stereocenters. The SMILES string of the molecule is [CH2]CCCC(CCO)CCCCCCC. The van der Waals surface area contributed by atoms with E-state index in [0.29, 0.717) is 6.61 Å². The lowest BCUT2D eigenvalue weighted by molar-refractivity contribution is 0.242. The van der Waals surface area contributed by atoms with Crippen molar-refractivity contribution in [3.63, 3.8) is 0 Å². The van der Waals surface area contributed by atoms with Crippen molar-refractivity contribution in [2.24, 2.45) is 5.92 Å². The van der Waals surface area contributed by atoms with Crippen LogP contribution in [-0.2, 0) is 0 Å². The number of aliphatic hydroxyl groups is 1. The van der Waals surface area contributed by atoms with Crippen molar-refractivity contribution < 1.29 is 5.11 Å². The molecule has 0 aromatic carbocycles. The third-order valence-corrected chi connectivity index (χ3v) is 3.12. The summed E-state index contributed by atoms with van der Waals surface area (Å²) >= 11 is 0. The molecule has 0 aliphatic rings. The smallest absolute Gasteiger partial charge is 0.0433 e. The predicted molar refractivity (Wildman–Crippen MR) is 67.8 cm³/mol. The van der Waals surface area contributed by atoms with Crippen molar-refractivity contribution in [2.75, 3.05) is 6.61 Å². The molecule has 1 atom stereocenters. The summed E-state index contributed by atoms with van der Waals surface area (Å²) in [7, 11) is 0. The first kappa shape index (κ1) is 15.0. The minimum absolute atomic E-state index is 0.358. The maximum atomic E-state index is 8.96. The molecule has 91 valence electrons. The fraction of sp³-hybridized carbons (Fsp3) is 0.929. The Morgan fingerprint density at radius 3 is 2.20 bits per heavy atom. The first-order chi connectivity index (χ1) is 7.35. The summed E-state index contributed by atoms with van der Waals surface area (Å²) in [6.45, 7) is 6.49. The normalized spacial score (nSPS) is 13.0. The molecule has 0 fully saturated rings. The first-order valence-electron chi connectivity index (χ1n) is 6.75. The second-order valence-electron chi connectivity index (χ2n) is 4.58. The van der Waals surface area contributed by atoms with Crippen LogP contribution in [0.15, 0.2) is 0 Å². The second kappa shape index (κ2) is 12.0. The summed E-state index contributed by atoms with van der Waals surface area (Å²) in [6, 6.07) is 0. The van der Waals surface area contributed by atoms with Crippen molar-refractivity contribution in [3.8, 4) is 0 Å². The molecule has 1 N–H and O–H groups in total. The summed E-state index contributed by atoms with van der Waals surface area (Å²) in [5.41, 5.74) is 0. The zero-order valence-electron chi connectivity index (χ0n) is 10.5. The largest absolute Gasteiger partial charge is 0.396 e. The quantitative estimate of drug-likeness (QED) is 0.506. The topological polar surface area (TPSA) is 20.2 Å². The Kier molecular flexibility index (Phi) is 12.0. The third-order valence-electron chi connectivity index (χ3n) is 3.12. The van der Waals surface area contributed by atoms with Crippen LogP contribution in [0, 0.1) is 12.8 Å². The van der Waals surface area contributed by atoms with E-state index in [0.717, 1.165) is 18.8 Å². The zero-order chi connectivity index (χ0) is 11.4. The van der Waals surface area contributed by atoms with Gasteiger partial charge in [-0.2, -0.15) is 0 Å². The highest BCUT2D eigenvalue weighted by Gasteiger charge is 2.06. The molecular formula is C14H29O. The van der Waals surface area contributed by atoms with Gasteiger partial charge in [0, 0.05) is 6.61 Å². The standard InChI is InChI=1S/C14H29O/c1-3-5-7-8-9-11-14(12-13-15)10-6-4-2/h14-15H,2-13H2,1H3. The Morgan fingerprint density at radius 2 is 1.60 bits per heavy atom. The monoisotopic (exact) mass is 213 g/mol. The van der Waals surface area contributed by atoms with Gasteiger partial charge in [-0.3, -0.25) is 0 Å². The zero-order valence-corrected chi connectivity index (χ0v) is 10.5. The lowest BCUT2D eigenvalue weighted by Crippen LogP contribution is -2.03. The number of unbranched alkanes of at least 4 members (excludes halogenated alkanes) is 5. The van der Waals surface area contributed by atoms with Crippen LogP contribution in [0.1, 0.15) is 71.1 Å². The minimum atomic E-state index is 0.358. The fourth-order valence-corrected chi connectivity index (χ4v) is 2.09. The van der Waals surface area contributed by atoms with E-state index in [4.69, 9.17) is 5.11 Å². The van der Waals surface area contributed by atoms with Gasteiger partial charge in [0.15, 0.2) is 0 Å². The number of hydrogen-bond acceptors (Lipinski definition) is 1. The molecule has 0 bridgehead atoms. The minimum Gasteiger partial charge on any atom is -0.396 e. The molecule has 0 spiro atoms. The molecule has 1 nitrogen and oxygen atoms in total. The van der Waals surface area contributed by atoms with Crippen molar-refractivity contribution in [1.82, 2.24) is 0 Å². The number of aliphatic hydroxyl groups excluding tert-OH is 1. The van der Waals surface area contributed by atoms with E-state index in [1.54, 1.807) is 0 Å². The molecule has 0 aliphatic heterocycles. The highest BCUT2D eigenvalue weighted by Crippen LogP contribution is 2.20. The molecule has 0 saturated heterocycles. The van der Waals surface area contributed by atoms with Gasteiger partial charge in [0.2, 0.25) is 0 Å². The van der Waals surface area contributed by atoms with Crippen LogP contribution in [-0.4, -0.2) is 11.7 Å². The molecule has 0 heterocycles. The summed E-state index contributed by atoms with van der Waals surface area (Å²) in [5.74, 6) is 0.748. The average Bonchev–Trinajstić information content (AvgIpc) is 2.25. The molecule has 1 radical (unpaired) electrons. The number of rotatable bonds is 11. The van der Waals surface area contributed by atoms with Gasteiger partial charge in [-0.15, -0.1) is 0 Å². The van der Waals surface area contributed by atoms with Crippen LogP contribution in [0.5, 0.6) is 0 Å². The van der Waals surface area contributed by atoms with E-state index in [9.17, 15) is 0 Å². The Labute approximate surface area is 96.3 Å². The van der Waals surface area contributed by atoms with E-state index < -0.39 is 0 Å². The van der Waals surface area contributed by atoms with Crippen molar-refractivity contribution in [1.29, 1.82) is 0 Å². The van der Waals surface area contributed by atoms with Crippen LogP contribution >= 0.6 is 0 Å². The van der Waals surface area contributed by atoms with Crippen LogP contribution in [0.25, 0.3) is 0 Å². The van der Waals surface area contributed by atoms with Crippen LogP contribution in [0.2, 0.25) is 0 Å². The van der Waals surface area contributed by atoms with Gasteiger partial charge in [0.25, 0.3) is 0 Å². The molecule has 15 heavy (non-hydrogen) atoms.